The van der Waals surface area contributed by atoms with E-state index in [1.165, 1.54) is 12.2 Å². The molecule has 0 aliphatic rings. The van der Waals surface area contributed by atoms with Gasteiger partial charge in [0.25, 0.3) is 0 Å². The highest BCUT2D eigenvalue weighted by atomic mass is 33.1. The van der Waals surface area contributed by atoms with Gasteiger partial charge in [0.1, 0.15) is 0 Å². The third kappa shape index (κ3) is 6.13. The maximum absolute atomic E-state index is 2.26. The summed E-state index contributed by atoms with van der Waals surface area (Å²) in [6, 6.07) is 0. The molecule has 0 aliphatic carbocycles. The smallest absolute Gasteiger partial charge is 0.0247 e. The van der Waals surface area contributed by atoms with E-state index in [-0.39, 0.29) is 0 Å². The summed E-state index contributed by atoms with van der Waals surface area (Å²) in [5.74, 6) is 1.28. The van der Waals surface area contributed by atoms with Gasteiger partial charge in [-0.15, -0.1) is 0 Å². The predicted molar refractivity (Wildman–Crippen MR) is 61.2 cm³/mol. The van der Waals surface area contributed by atoms with Crippen molar-refractivity contribution in [3.63, 3.8) is 0 Å². The van der Waals surface area contributed by atoms with Crippen LogP contribution in [-0.4, -0.2) is 23.5 Å². The molecule has 62 valence electrons. The van der Waals surface area contributed by atoms with Crippen molar-refractivity contribution in [1.29, 1.82) is 0 Å². The molecule has 0 N–H and O–H groups in total. The normalized spacial score (nSPS) is 13.5. The first kappa shape index (κ1) is 11.4. The molecule has 0 bridgehead atoms. The van der Waals surface area contributed by atoms with Crippen LogP contribution in [0, 0.1) is 0 Å². The fourth-order valence-electron chi connectivity index (χ4n) is 0.494. The Morgan fingerprint density at radius 3 is 2.30 bits per heavy atom. The van der Waals surface area contributed by atoms with Crippen LogP contribution >= 0.6 is 43.2 Å². The Bertz CT molecular complexity index is 66.8. The summed E-state index contributed by atoms with van der Waals surface area (Å²) < 4.78 is 0. The molecule has 1 unspecified atom stereocenters. The SMILES string of the molecule is CCC(CSSC)SSC. The van der Waals surface area contributed by atoms with Crippen LogP contribution in [0.25, 0.3) is 0 Å². The lowest BCUT2D eigenvalue weighted by Gasteiger charge is -2.09. The number of hydrogen-bond acceptors (Lipinski definition) is 4. The minimum absolute atomic E-state index is 0.840. The summed E-state index contributed by atoms with van der Waals surface area (Å²) >= 11 is 0. The molecular weight excluding hydrogens is 200 g/mol. The molecular formula is C6H14S4. The third-order valence-corrected chi connectivity index (χ3v) is 5.52. The number of hydrogen-bond donors (Lipinski definition) is 0. The number of rotatable bonds is 6. The average Bonchev–Trinajstić information content (AvgIpc) is 1.98. The Labute approximate surface area is 79.9 Å². The lowest BCUT2D eigenvalue weighted by molar-refractivity contribution is 0.924. The predicted octanol–water partition coefficient (Wildman–Crippen LogP) is 3.79. The van der Waals surface area contributed by atoms with Crippen molar-refractivity contribution in [1.82, 2.24) is 0 Å². The third-order valence-electron chi connectivity index (χ3n) is 1.06. The van der Waals surface area contributed by atoms with Crippen LogP contribution in [0.4, 0.5) is 0 Å². The van der Waals surface area contributed by atoms with Crippen molar-refractivity contribution < 1.29 is 0 Å². The quantitative estimate of drug-likeness (QED) is 0.617. The highest BCUT2D eigenvalue weighted by Crippen LogP contribution is 2.31. The van der Waals surface area contributed by atoms with E-state index in [9.17, 15) is 0 Å². The first-order valence-corrected chi connectivity index (χ1v) is 8.55. The maximum atomic E-state index is 2.26. The van der Waals surface area contributed by atoms with Gasteiger partial charge in [0.15, 0.2) is 0 Å². The standard InChI is InChI=1S/C6H14S4/c1-4-6(10-8-3)5-9-7-2/h6H,4-5H2,1-3H3. The van der Waals surface area contributed by atoms with Gasteiger partial charge >= 0.3 is 0 Å². The molecule has 0 spiro atoms. The summed E-state index contributed by atoms with van der Waals surface area (Å²) in [5.41, 5.74) is 0. The molecule has 0 aromatic heterocycles. The van der Waals surface area contributed by atoms with Gasteiger partial charge in [0.05, 0.1) is 0 Å². The van der Waals surface area contributed by atoms with Crippen molar-refractivity contribution in [3.05, 3.63) is 0 Å². The largest absolute Gasteiger partial charge is 0.0976 e. The zero-order valence-corrected chi connectivity index (χ0v) is 9.89. The fourth-order valence-corrected chi connectivity index (χ4v) is 4.74. The van der Waals surface area contributed by atoms with Gasteiger partial charge in [0, 0.05) is 11.0 Å². The molecule has 0 rings (SSSR count). The van der Waals surface area contributed by atoms with Crippen molar-refractivity contribution in [2.24, 2.45) is 0 Å². The van der Waals surface area contributed by atoms with Crippen LogP contribution in [0.1, 0.15) is 13.3 Å². The first-order valence-electron chi connectivity index (χ1n) is 3.20. The van der Waals surface area contributed by atoms with E-state index in [1.54, 1.807) is 0 Å². The molecule has 0 heterocycles. The Morgan fingerprint density at radius 1 is 1.20 bits per heavy atom. The van der Waals surface area contributed by atoms with Gasteiger partial charge in [-0.05, 0) is 18.9 Å². The summed E-state index contributed by atoms with van der Waals surface area (Å²) in [4.78, 5) is 0. The van der Waals surface area contributed by atoms with Crippen LogP contribution in [0.2, 0.25) is 0 Å². The molecule has 0 aromatic carbocycles. The topological polar surface area (TPSA) is 0 Å². The van der Waals surface area contributed by atoms with E-state index >= 15 is 0 Å². The summed E-state index contributed by atoms with van der Waals surface area (Å²) in [6.07, 6.45) is 5.58. The zero-order chi connectivity index (χ0) is 7.82. The summed E-state index contributed by atoms with van der Waals surface area (Å²) in [6.45, 7) is 2.26. The van der Waals surface area contributed by atoms with E-state index in [2.05, 4.69) is 19.4 Å². The zero-order valence-electron chi connectivity index (χ0n) is 6.62. The van der Waals surface area contributed by atoms with E-state index < -0.39 is 0 Å². The van der Waals surface area contributed by atoms with Gasteiger partial charge in [-0.3, -0.25) is 0 Å². The monoisotopic (exact) mass is 214 g/mol. The maximum Gasteiger partial charge on any atom is 0.0247 e. The van der Waals surface area contributed by atoms with Crippen LogP contribution in [0.5, 0.6) is 0 Å². The van der Waals surface area contributed by atoms with Crippen molar-refractivity contribution in [2.45, 2.75) is 18.6 Å². The second-order valence-corrected chi connectivity index (χ2v) is 7.12. The second-order valence-electron chi connectivity index (χ2n) is 1.74. The Morgan fingerprint density at radius 2 is 1.90 bits per heavy atom. The molecule has 0 saturated heterocycles. The second kappa shape index (κ2) is 8.50. The van der Waals surface area contributed by atoms with Crippen LogP contribution in [0.15, 0.2) is 0 Å². The minimum Gasteiger partial charge on any atom is -0.0976 e. The Hall–Kier alpha value is 1.40. The summed E-state index contributed by atoms with van der Waals surface area (Å²) in [5, 5.41) is 0.840. The van der Waals surface area contributed by atoms with Gasteiger partial charge < -0.3 is 0 Å². The highest BCUT2D eigenvalue weighted by Gasteiger charge is 2.04. The molecule has 0 amide bonds. The molecule has 0 saturated carbocycles. The van der Waals surface area contributed by atoms with E-state index in [0.29, 0.717) is 0 Å². The molecule has 4 heteroatoms. The van der Waals surface area contributed by atoms with Gasteiger partial charge in [0.2, 0.25) is 0 Å². The molecule has 0 fully saturated rings. The molecule has 0 nitrogen and oxygen atoms in total. The molecule has 10 heavy (non-hydrogen) atoms. The van der Waals surface area contributed by atoms with Gasteiger partial charge in [-0.2, -0.15) is 0 Å². The van der Waals surface area contributed by atoms with Crippen molar-refractivity contribution in [2.75, 3.05) is 18.3 Å². The van der Waals surface area contributed by atoms with Gasteiger partial charge in [-0.25, -0.2) is 0 Å². The molecule has 0 aromatic rings. The molecule has 0 aliphatic heterocycles. The van der Waals surface area contributed by atoms with Crippen LogP contribution in [0.3, 0.4) is 0 Å². The van der Waals surface area contributed by atoms with Crippen LogP contribution < -0.4 is 0 Å². The Kier molecular flexibility index (Phi) is 9.69. The fraction of sp³-hybridized carbons (Fsp3) is 1.00. The van der Waals surface area contributed by atoms with Crippen molar-refractivity contribution in [3.8, 4) is 0 Å². The van der Waals surface area contributed by atoms with E-state index in [1.807, 2.05) is 43.2 Å². The lowest BCUT2D eigenvalue weighted by Crippen LogP contribution is -2.00. The van der Waals surface area contributed by atoms with Crippen LogP contribution in [-0.2, 0) is 0 Å². The lowest BCUT2D eigenvalue weighted by atomic mass is 10.4. The molecule has 0 radical (unpaired) electrons. The van der Waals surface area contributed by atoms with E-state index in [0.717, 1.165) is 5.25 Å². The van der Waals surface area contributed by atoms with E-state index in [4.69, 9.17) is 0 Å². The Balaban J connectivity index is 3.21. The van der Waals surface area contributed by atoms with Gasteiger partial charge in [-0.1, -0.05) is 50.1 Å². The molecule has 1 atom stereocenters. The average molecular weight is 214 g/mol. The van der Waals surface area contributed by atoms with Crippen molar-refractivity contribution >= 4 is 43.2 Å². The highest BCUT2D eigenvalue weighted by molar-refractivity contribution is 8.78. The first-order chi connectivity index (χ1) is 4.85. The summed E-state index contributed by atoms with van der Waals surface area (Å²) in [7, 11) is 7.71. The minimum atomic E-state index is 0.840.